The number of allylic oxidation sites excluding steroid dienone is 1. The maximum Gasteiger partial charge on any atom is 0.262 e. The summed E-state index contributed by atoms with van der Waals surface area (Å²) in [5, 5.41) is 12.0. The average molecular weight is 379 g/mol. The number of hydrogen-bond donors (Lipinski definition) is 1. The van der Waals surface area contributed by atoms with Gasteiger partial charge in [0.2, 0.25) is 11.7 Å². The molecule has 0 fully saturated rings. The van der Waals surface area contributed by atoms with Gasteiger partial charge in [-0.15, -0.1) is 10.2 Å². The molecule has 0 radical (unpaired) electrons. The molecule has 2 heterocycles. The molecule has 7 heteroatoms. The molecular formula is C21H25N5O2. The molecule has 4 rings (SSSR count). The average Bonchev–Trinajstić information content (AvgIpc) is 3.15. The van der Waals surface area contributed by atoms with Crippen molar-refractivity contribution in [1.82, 2.24) is 24.5 Å². The number of amides is 1. The first-order chi connectivity index (χ1) is 13.6. The first kappa shape index (κ1) is 18.4. The summed E-state index contributed by atoms with van der Waals surface area (Å²) in [6, 6.07) is 7.41. The molecule has 0 aliphatic heterocycles. The fraction of sp³-hybridized carbons (Fsp3) is 0.429. The molecule has 28 heavy (non-hydrogen) atoms. The molecule has 1 aliphatic rings. The molecule has 0 saturated carbocycles. The Balaban J connectivity index is 1.46. The van der Waals surface area contributed by atoms with Gasteiger partial charge in [0.25, 0.3) is 5.56 Å². The van der Waals surface area contributed by atoms with Gasteiger partial charge in [-0.2, -0.15) is 0 Å². The summed E-state index contributed by atoms with van der Waals surface area (Å²) in [7, 11) is 1.69. The number of carbonyl (C=O) groups is 1. The van der Waals surface area contributed by atoms with Crippen molar-refractivity contribution in [2.24, 2.45) is 7.05 Å². The van der Waals surface area contributed by atoms with E-state index in [2.05, 4.69) is 21.6 Å². The molecule has 7 nitrogen and oxygen atoms in total. The van der Waals surface area contributed by atoms with Crippen molar-refractivity contribution in [1.29, 1.82) is 0 Å². The van der Waals surface area contributed by atoms with Gasteiger partial charge in [-0.05, 0) is 44.2 Å². The summed E-state index contributed by atoms with van der Waals surface area (Å²) in [6.07, 6.45) is 8.93. The van der Waals surface area contributed by atoms with E-state index >= 15 is 0 Å². The van der Waals surface area contributed by atoms with Gasteiger partial charge in [-0.3, -0.25) is 18.6 Å². The Hall–Kier alpha value is -2.96. The maximum atomic E-state index is 12.5. The number of para-hydroxylation sites is 1. The van der Waals surface area contributed by atoms with Crippen LogP contribution in [-0.4, -0.2) is 31.6 Å². The van der Waals surface area contributed by atoms with E-state index in [1.54, 1.807) is 13.1 Å². The number of rotatable bonds is 6. The second-order valence-corrected chi connectivity index (χ2v) is 7.34. The van der Waals surface area contributed by atoms with Crippen molar-refractivity contribution in [3.63, 3.8) is 0 Å². The molecule has 0 spiro atoms. The lowest BCUT2D eigenvalue weighted by Gasteiger charge is -2.13. The van der Waals surface area contributed by atoms with Crippen molar-refractivity contribution >= 4 is 22.6 Å². The summed E-state index contributed by atoms with van der Waals surface area (Å²) in [4.78, 5) is 24.7. The predicted molar refractivity (Wildman–Crippen MR) is 108 cm³/mol. The van der Waals surface area contributed by atoms with E-state index in [4.69, 9.17) is 0 Å². The van der Waals surface area contributed by atoms with Gasteiger partial charge in [0, 0.05) is 26.4 Å². The molecule has 0 atom stereocenters. The number of aromatic nitrogens is 4. The van der Waals surface area contributed by atoms with Gasteiger partial charge in [-0.25, -0.2) is 0 Å². The minimum atomic E-state index is -0.100. The van der Waals surface area contributed by atoms with Crippen LogP contribution in [-0.2, 0) is 18.3 Å². The van der Waals surface area contributed by atoms with Gasteiger partial charge in [0.1, 0.15) is 5.82 Å². The number of nitrogens with zero attached hydrogens (tertiary/aromatic N) is 4. The molecule has 0 unspecified atom stereocenters. The van der Waals surface area contributed by atoms with Crippen LogP contribution in [0.3, 0.4) is 0 Å². The lowest BCUT2D eigenvalue weighted by molar-refractivity contribution is -0.121. The normalized spacial score (nSPS) is 14.4. The summed E-state index contributed by atoms with van der Waals surface area (Å²) in [5.74, 6) is 1.19. The van der Waals surface area contributed by atoms with Gasteiger partial charge in [0.15, 0.2) is 0 Å². The van der Waals surface area contributed by atoms with Crippen molar-refractivity contribution in [2.75, 3.05) is 6.54 Å². The summed E-state index contributed by atoms with van der Waals surface area (Å²) in [6.45, 7) is 0.683. The van der Waals surface area contributed by atoms with Crippen molar-refractivity contribution < 1.29 is 4.79 Å². The van der Waals surface area contributed by atoms with Crippen LogP contribution in [0, 0.1) is 0 Å². The fourth-order valence-corrected chi connectivity index (χ4v) is 3.86. The highest BCUT2D eigenvalue weighted by atomic mass is 16.1. The lowest BCUT2D eigenvalue weighted by Crippen LogP contribution is -2.25. The van der Waals surface area contributed by atoms with Crippen LogP contribution in [0.25, 0.3) is 16.7 Å². The Kier molecular flexibility index (Phi) is 5.23. The van der Waals surface area contributed by atoms with Crippen LogP contribution in [0.2, 0.25) is 0 Å². The van der Waals surface area contributed by atoms with Gasteiger partial charge >= 0.3 is 0 Å². The second kappa shape index (κ2) is 7.96. The van der Waals surface area contributed by atoms with Crippen LogP contribution >= 0.6 is 0 Å². The topological polar surface area (TPSA) is 81.3 Å². The van der Waals surface area contributed by atoms with Crippen molar-refractivity contribution in [3.05, 3.63) is 52.1 Å². The zero-order chi connectivity index (χ0) is 19.5. The van der Waals surface area contributed by atoms with E-state index in [1.165, 1.54) is 29.4 Å². The predicted octanol–water partition coefficient (Wildman–Crippen LogP) is 2.52. The van der Waals surface area contributed by atoms with Crippen LogP contribution in [0.15, 0.2) is 40.7 Å². The SMILES string of the molecule is Cn1c(=O)c2ccccc2n2c(CCC(=O)NCCC3=CCCCC3)nnc12. The van der Waals surface area contributed by atoms with Gasteiger partial charge in [-0.1, -0.05) is 23.8 Å². The molecule has 0 saturated heterocycles. The second-order valence-electron chi connectivity index (χ2n) is 7.34. The molecule has 1 amide bonds. The third-order valence-electron chi connectivity index (χ3n) is 5.42. The highest BCUT2D eigenvalue weighted by Gasteiger charge is 2.15. The Morgan fingerprint density at radius 2 is 2.04 bits per heavy atom. The number of nitrogens with one attached hydrogen (secondary N) is 1. The zero-order valence-electron chi connectivity index (χ0n) is 16.1. The van der Waals surface area contributed by atoms with E-state index in [0.717, 1.165) is 18.4 Å². The Morgan fingerprint density at radius 3 is 2.86 bits per heavy atom. The number of aryl methyl sites for hydroxylation is 2. The van der Waals surface area contributed by atoms with Crippen LogP contribution in [0.4, 0.5) is 0 Å². The quantitative estimate of drug-likeness (QED) is 0.667. The number of carbonyl (C=O) groups excluding carboxylic acids is 1. The van der Waals surface area contributed by atoms with E-state index in [9.17, 15) is 9.59 Å². The molecule has 2 aromatic heterocycles. The van der Waals surface area contributed by atoms with E-state index in [1.807, 2.05) is 22.6 Å². The molecule has 1 aliphatic carbocycles. The molecule has 1 aromatic carbocycles. The molecule has 146 valence electrons. The summed E-state index contributed by atoms with van der Waals surface area (Å²) in [5.41, 5.74) is 2.13. The molecular weight excluding hydrogens is 354 g/mol. The Bertz CT molecular complexity index is 1110. The number of hydrogen-bond acceptors (Lipinski definition) is 4. The Labute approximate surface area is 163 Å². The highest BCUT2D eigenvalue weighted by Crippen LogP contribution is 2.19. The molecule has 3 aromatic rings. The third-order valence-corrected chi connectivity index (χ3v) is 5.42. The minimum Gasteiger partial charge on any atom is -0.356 e. The highest BCUT2D eigenvalue weighted by molar-refractivity contribution is 5.80. The summed E-state index contributed by atoms with van der Waals surface area (Å²) >= 11 is 0. The zero-order valence-corrected chi connectivity index (χ0v) is 16.1. The third kappa shape index (κ3) is 3.56. The largest absolute Gasteiger partial charge is 0.356 e. The Morgan fingerprint density at radius 1 is 1.18 bits per heavy atom. The number of fused-ring (bicyclic) bond motifs is 3. The monoisotopic (exact) mass is 379 g/mol. The molecule has 1 N–H and O–H groups in total. The minimum absolute atomic E-state index is 0.0160. The smallest absolute Gasteiger partial charge is 0.262 e. The lowest BCUT2D eigenvalue weighted by atomic mass is 9.97. The van der Waals surface area contributed by atoms with Crippen molar-refractivity contribution in [3.8, 4) is 0 Å². The summed E-state index contributed by atoms with van der Waals surface area (Å²) < 4.78 is 3.37. The van der Waals surface area contributed by atoms with Crippen LogP contribution in [0.1, 0.15) is 44.3 Å². The van der Waals surface area contributed by atoms with Crippen LogP contribution in [0.5, 0.6) is 0 Å². The first-order valence-corrected chi connectivity index (χ1v) is 9.91. The molecule has 0 bridgehead atoms. The maximum absolute atomic E-state index is 12.5. The van der Waals surface area contributed by atoms with Gasteiger partial charge in [0.05, 0.1) is 10.9 Å². The van der Waals surface area contributed by atoms with E-state index in [0.29, 0.717) is 36.4 Å². The van der Waals surface area contributed by atoms with Crippen molar-refractivity contribution in [2.45, 2.75) is 44.9 Å². The first-order valence-electron chi connectivity index (χ1n) is 9.91. The van der Waals surface area contributed by atoms with E-state index < -0.39 is 0 Å². The van der Waals surface area contributed by atoms with Gasteiger partial charge < -0.3 is 5.32 Å². The number of benzene rings is 1. The standard InChI is InChI=1S/C21H25N5O2/c1-25-20(28)16-9-5-6-10-17(16)26-18(23-24-21(25)26)11-12-19(27)22-14-13-15-7-3-2-4-8-15/h5-7,9-10H,2-4,8,11-14H2,1H3,(H,22,27). The van der Waals surface area contributed by atoms with Crippen LogP contribution < -0.4 is 10.9 Å². The fourth-order valence-electron chi connectivity index (χ4n) is 3.86. The van der Waals surface area contributed by atoms with E-state index in [-0.39, 0.29) is 11.5 Å².